The Labute approximate surface area is 181 Å². The molecule has 5 heterocycles. The highest BCUT2D eigenvalue weighted by Crippen LogP contribution is 2.56. The monoisotopic (exact) mass is 488 g/mol. The second-order valence-corrected chi connectivity index (χ2v) is 12.1. The van der Waals surface area contributed by atoms with E-state index in [4.69, 9.17) is 37.5 Å². The zero-order chi connectivity index (χ0) is 23.3. The summed E-state index contributed by atoms with van der Waals surface area (Å²) in [6.45, 7) is 6.70. The van der Waals surface area contributed by atoms with Crippen molar-refractivity contribution in [2.24, 2.45) is 0 Å². The molecule has 4 unspecified atom stereocenters. The quantitative estimate of drug-likeness (QED) is 0.404. The minimum atomic E-state index is -3.81. The number of fused-ring (bicyclic) bond motifs is 3. The van der Waals surface area contributed by atoms with Gasteiger partial charge in [0.2, 0.25) is 0 Å². The molecule has 9 atom stereocenters. The van der Waals surface area contributed by atoms with Gasteiger partial charge in [-0.05, 0) is 13.8 Å². The number of hydrogen-bond donors (Lipinski definition) is 0. The van der Waals surface area contributed by atoms with Crippen LogP contribution in [0.15, 0.2) is 0 Å². The molecule has 0 spiro atoms. The Bertz CT molecular complexity index is 749. The zero-order valence-electron chi connectivity index (χ0n) is 18.4. The van der Waals surface area contributed by atoms with E-state index in [2.05, 4.69) is 0 Å². The summed E-state index contributed by atoms with van der Waals surface area (Å²) in [7, 11) is -4.55. The van der Waals surface area contributed by atoms with Crippen molar-refractivity contribution in [1.29, 1.82) is 0 Å². The van der Waals surface area contributed by atoms with Crippen LogP contribution < -0.4 is 9.79 Å². The first-order chi connectivity index (χ1) is 14.2. The molecular formula is C17H30O12P2-2. The van der Waals surface area contributed by atoms with E-state index >= 15 is 0 Å². The van der Waals surface area contributed by atoms with Crippen LogP contribution >= 0.6 is 15.2 Å². The first-order valence-electron chi connectivity index (χ1n) is 9.74. The van der Waals surface area contributed by atoms with E-state index in [1.54, 1.807) is 6.92 Å². The lowest BCUT2D eigenvalue weighted by molar-refractivity contribution is -0.350. The smallest absolute Gasteiger partial charge is 0.196 e. The van der Waals surface area contributed by atoms with Crippen molar-refractivity contribution in [3.63, 3.8) is 0 Å². The molecule has 5 rings (SSSR count). The average Bonchev–Trinajstić information content (AvgIpc) is 3.27. The van der Waals surface area contributed by atoms with Gasteiger partial charge in [-0.25, -0.2) is 0 Å². The first-order valence-corrected chi connectivity index (χ1v) is 13.7. The van der Waals surface area contributed by atoms with Crippen LogP contribution in [0.5, 0.6) is 0 Å². The predicted octanol–water partition coefficient (Wildman–Crippen LogP) is -0.526. The molecule has 5 saturated heterocycles. The van der Waals surface area contributed by atoms with Crippen LogP contribution in [0.4, 0.5) is 0 Å². The Morgan fingerprint density at radius 1 is 1.00 bits per heavy atom. The second-order valence-electron chi connectivity index (χ2n) is 8.55. The number of methoxy groups -OCH3 is 2. The molecule has 0 N–H and O–H groups in total. The third-order valence-electron chi connectivity index (χ3n) is 5.56. The van der Waals surface area contributed by atoms with Crippen molar-refractivity contribution < 1.29 is 56.4 Å². The van der Waals surface area contributed by atoms with Gasteiger partial charge in [0.05, 0.1) is 32.5 Å². The van der Waals surface area contributed by atoms with Gasteiger partial charge >= 0.3 is 0 Å². The fourth-order valence-corrected chi connectivity index (χ4v) is 6.06. The fourth-order valence-electron chi connectivity index (χ4n) is 4.57. The Morgan fingerprint density at radius 2 is 1.58 bits per heavy atom. The Morgan fingerprint density at radius 3 is 2.06 bits per heavy atom. The van der Waals surface area contributed by atoms with Crippen molar-refractivity contribution in [1.82, 2.24) is 0 Å². The lowest BCUT2D eigenvalue weighted by Crippen LogP contribution is -2.68. The Hall–Kier alpha value is 0.0600. The van der Waals surface area contributed by atoms with Crippen molar-refractivity contribution in [2.45, 2.75) is 55.3 Å². The number of rotatable bonds is 8. The molecule has 0 aromatic carbocycles. The van der Waals surface area contributed by atoms with E-state index in [0.717, 1.165) is 13.3 Å². The van der Waals surface area contributed by atoms with Gasteiger partial charge in [0.15, 0.2) is 11.9 Å². The van der Waals surface area contributed by atoms with E-state index in [1.807, 2.05) is 6.92 Å². The van der Waals surface area contributed by atoms with Gasteiger partial charge in [-0.1, -0.05) is 0 Å². The molecule has 0 aromatic rings. The molecule has 31 heavy (non-hydrogen) atoms. The van der Waals surface area contributed by atoms with Crippen molar-refractivity contribution in [3.8, 4) is 0 Å². The maximum absolute atomic E-state index is 11.2. The third kappa shape index (κ3) is 5.11. The summed E-state index contributed by atoms with van der Waals surface area (Å²) in [6, 6.07) is 0. The molecule has 5 fully saturated rings. The third-order valence-corrected chi connectivity index (χ3v) is 6.77. The molecule has 0 saturated carbocycles. The van der Waals surface area contributed by atoms with E-state index in [9.17, 15) is 18.9 Å². The molecule has 12 nitrogen and oxygen atoms in total. The van der Waals surface area contributed by atoms with Crippen LogP contribution in [0.3, 0.4) is 0 Å². The number of hydrogen-bond acceptors (Lipinski definition) is 12. The van der Waals surface area contributed by atoms with Crippen molar-refractivity contribution in [3.05, 3.63) is 0 Å². The Kier molecular flexibility index (Phi) is 7.20. The summed E-state index contributed by atoms with van der Waals surface area (Å²) in [6.07, 6.45) is -1.73. The summed E-state index contributed by atoms with van der Waals surface area (Å²) in [5.41, 5.74) is -1.55. The van der Waals surface area contributed by atoms with Gasteiger partial charge in [0.25, 0.3) is 0 Å². The molecule has 14 heteroatoms. The highest BCUT2D eigenvalue weighted by Gasteiger charge is 2.72. The van der Waals surface area contributed by atoms with Crippen LogP contribution in [0.25, 0.3) is 0 Å². The topological polar surface area (TPSA) is 154 Å². The van der Waals surface area contributed by atoms with Crippen LogP contribution in [-0.2, 0) is 46.6 Å². The molecule has 5 aliphatic heterocycles. The van der Waals surface area contributed by atoms with Gasteiger partial charge in [0.1, 0.15) is 38.6 Å². The minimum Gasteiger partial charge on any atom is -0.779 e. The summed E-state index contributed by atoms with van der Waals surface area (Å²) in [5, 5.41) is 0. The van der Waals surface area contributed by atoms with Gasteiger partial charge in [-0.15, -0.1) is 0 Å². The average molecular weight is 488 g/mol. The molecule has 5 aliphatic rings. The van der Waals surface area contributed by atoms with Gasteiger partial charge in [-0.2, -0.15) is 0 Å². The largest absolute Gasteiger partial charge is 0.779 e. The Balaban J connectivity index is 0.000000176. The zero-order valence-corrected chi connectivity index (χ0v) is 20.2. The summed E-state index contributed by atoms with van der Waals surface area (Å²) < 4.78 is 64.5. The predicted molar refractivity (Wildman–Crippen MR) is 102 cm³/mol. The van der Waals surface area contributed by atoms with Crippen molar-refractivity contribution >= 4 is 15.2 Å². The normalized spacial score (nSPS) is 46.6. The van der Waals surface area contributed by atoms with Gasteiger partial charge in [0, 0.05) is 27.5 Å². The summed E-state index contributed by atoms with van der Waals surface area (Å²) >= 11 is 0. The molecule has 0 radical (unpaired) electrons. The molecule has 0 amide bonds. The van der Waals surface area contributed by atoms with E-state index < -0.39 is 44.4 Å². The maximum atomic E-state index is 11.2. The van der Waals surface area contributed by atoms with Gasteiger partial charge < -0.3 is 56.4 Å². The molecule has 0 aromatic heterocycles. The van der Waals surface area contributed by atoms with E-state index in [1.165, 1.54) is 14.2 Å². The molecular weight excluding hydrogens is 458 g/mol. The van der Waals surface area contributed by atoms with Crippen LogP contribution in [0.2, 0.25) is 0 Å². The highest BCUT2D eigenvalue weighted by molar-refractivity contribution is 7.50. The van der Waals surface area contributed by atoms with Crippen molar-refractivity contribution in [2.75, 3.05) is 54.0 Å². The standard InChI is InChI=1S/C9H17O6P.C8H15O6P/c1-6-7-8(15-16(3,10)11)9(14-6,4-12-2)5-13-7;1-7-6(13-15(3,9)10)8(14-7,4-11-2)5-12-7/h6-8H,4-5H2,1-3H3,(H,10,11);6H,4-5H2,1-3H3,(H,9,10)/p-2/t6-,7+,8?,9-;6-,7?,8-/m00/s1. The maximum Gasteiger partial charge on any atom is 0.196 e. The lowest BCUT2D eigenvalue weighted by Gasteiger charge is -2.50. The van der Waals surface area contributed by atoms with Gasteiger partial charge in [-0.3, -0.25) is 0 Å². The minimum absolute atomic E-state index is 0.180. The van der Waals surface area contributed by atoms with Crippen LogP contribution in [-0.4, -0.2) is 95.4 Å². The summed E-state index contributed by atoms with van der Waals surface area (Å²) in [4.78, 5) is 22.3. The SMILES string of the molecule is COC[C@@]12COC(C)(O1)[C@@H]2OP(C)(=O)[O-].COC[C@]12CO[C@@H](C1OP(C)(=O)[O-])[C@H](C)O2. The molecule has 4 bridgehead atoms. The fraction of sp³-hybridized carbons (Fsp3) is 1.00. The van der Waals surface area contributed by atoms with Crippen LogP contribution in [0, 0.1) is 0 Å². The van der Waals surface area contributed by atoms with Crippen LogP contribution in [0.1, 0.15) is 13.8 Å². The lowest BCUT2D eigenvalue weighted by atomic mass is 9.89. The highest BCUT2D eigenvalue weighted by atomic mass is 31.2. The van der Waals surface area contributed by atoms with E-state index in [0.29, 0.717) is 13.2 Å². The van der Waals surface area contributed by atoms with E-state index in [-0.39, 0.29) is 25.4 Å². The summed E-state index contributed by atoms with van der Waals surface area (Å²) in [5.74, 6) is -0.950. The second kappa shape index (κ2) is 8.69. The molecule has 0 aliphatic carbocycles. The number of ether oxygens (including phenoxy) is 6. The molecule has 182 valence electrons. The first kappa shape index (κ1) is 25.7.